The van der Waals surface area contributed by atoms with Crippen LogP contribution in [0.4, 0.5) is 5.69 Å². The number of carbonyl (C=O) groups is 1. The van der Waals surface area contributed by atoms with Crippen molar-refractivity contribution < 1.29 is 4.79 Å². The van der Waals surface area contributed by atoms with Gasteiger partial charge in [-0.1, -0.05) is 25.1 Å². The zero-order valence-electron chi connectivity index (χ0n) is 13.6. The van der Waals surface area contributed by atoms with Crippen LogP contribution in [0.15, 0.2) is 30.3 Å². The van der Waals surface area contributed by atoms with Gasteiger partial charge in [-0.05, 0) is 18.7 Å². The van der Waals surface area contributed by atoms with E-state index in [1.165, 1.54) is 5.69 Å². The second-order valence-corrected chi connectivity index (χ2v) is 5.62. The zero-order chi connectivity index (χ0) is 15.6. The number of piperazine rings is 1. The van der Waals surface area contributed by atoms with E-state index in [1.54, 1.807) is 0 Å². The number of carbonyl (C=O) groups excluding carboxylic acids is 1. The molecule has 5 heteroatoms. The number of amides is 1. The summed E-state index contributed by atoms with van der Waals surface area (Å²) >= 11 is 0. The highest BCUT2D eigenvalue weighted by atomic mass is 16.1. The molecule has 22 heavy (non-hydrogen) atoms. The van der Waals surface area contributed by atoms with E-state index < -0.39 is 0 Å². The molecule has 0 saturated carbocycles. The van der Waals surface area contributed by atoms with Crippen molar-refractivity contribution in [3.8, 4) is 0 Å². The second kappa shape index (κ2) is 9.43. The summed E-state index contributed by atoms with van der Waals surface area (Å²) in [5.74, 6) is 0.156. The van der Waals surface area contributed by atoms with Gasteiger partial charge in [0, 0.05) is 57.9 Å². The molecule has 2 rings (SSSR count). The van der Waals surface area contributed by atoms with Crippen LogP contribution in [0.2, 0.25) is 0 Å². The summed E-state index contributed by atoms with van der Waals surface area (Å²) in [5, 5.41) is 6.15. The highest BCUT2D eigenvalue weighted by molar-refractivity contribution is 5.76. The molecule has 0 bridgehead atoms. The summed E-state index contributed by atoms with van der Waals surface area (Å²) in [7, 11) is 0. The molecule has 1 fully saturated rings. The zero-order valence-corrected chi connectivity index (χ0v) is 13.6. The Morgan fingerprint density at radius 2 is 1.82 bits per heavy atom. The Kier molecular flexibility index (Phi) is 7.19. The van der Waals surface area contributed by atoms with E-state index in [1.807, 2.05) is 6.07 Å². The molecule has 1 heterocycles. The maximum atomic E-state index is 11.8. The minimum absolute atomic E-state index is 0.156. The molecule has 0 unspecified atom stereocenters. The van der Waals surface area contributed by atoms with Gasteiger partial charge in [-0.2, -0.15) is 0 Å². The summed E-state index contributed by atoms with van der Waals surface area (Å²) in [6.07, 6.45) is 0.595. The highest BCUT2D eigenvalue weighted by Crippen LogP contribution is 2.15. The van der Waals surface area contributed by atoms with Crippen molar-refractivity contribution in [1.29, 1.82) is 0 Å². The number of hydrogen-bond acceptors (Lipinski definition) is 4. The molecule has 1 aromatic rings. The number of hydrogen-bond donors (Lipinski definition) is 2. The quantitative estimate of drug-likeness (QED) is 0.701. The van der Waals surface area contributed by atoms with Crippen LogP contribution in [-0.4, -0.2) is 63.2 Å². The van der Waals surface area contributed by atoms with Crippen molar-refractivity contribution in [2.75, 3.05) is 57.3 Å². The van der Waals surface area contributed by atoms with Crippen molar-refractivity contribution >= 4 is 11.6 Å². The average Bonchev–Trinajstić information content (AvgIpc) is 2.58. The van der Waals surface area contributed by atoms with E-state index in [4.69, 9.17) is 0 Å². The van der Waals surface area contributed by atoms with Gasteiger partial charge in [-0.3, -0.25) is 9.69 Å². The van der Waals surface area contributed by atoms with Crippen LogP contribution >= 0.6 is 0 Å². The van der Waals surface area contributed by atoms with Crippen LogP contribution in [-0.2, 0) is 4.79 Å². The van der Waals surface area contributed by atoms with Crippen LogP contribution in [0.3, 0.4) is 0 Å². The SMILES string of the molecule is CCNCCNC(=O)CCN1CCN(c2ccccc2)CC1. The Bertz CT molecular complexity index is 430. The Labute approximate surface area is 133 Å². The van der Waals surface area contributed by atoms with Gasteiger partial charge in [0.1, 0.15) is 0 Å². The van der Waals surface area contributed by atoms with Crippen LogP contribution in [0.25, 0.3) is 0 Å². The standard InChI is InChI=1S/C17H28N4O/c1-2-18-9-10-19-17(22)8-11-20-12-14-21(15-13-20)16-6-4-3-5-7-16/h3-7,18H,2,8-15H2,1H3,(H,19,22). The van der Waals surface area contributed by atoms with Crippen molar-refractivity contribution in [2.24, 2.45) is 0 Å². The van der Waals surface area contributed by atoms with Crippen molar-refractivity contribution in [3.63, 3.8) is 0 Å². The fourth-order valence-electron chi connectivity index (χ4n) is 2.68. The van der Waals surface area contributed by atoms with Gasteiger partial charge >= 0.3 is 0 Å². The number of para-hydroxylation sites is 1. The lowest BCUT2D eigenvalue weighted by Crippen LogP contribution is -2.47. The van der Waals surface area contributed by atoms with Crippen LogP contribution < -0.4 is 15.5 Å². The first-order valence-electron chi connectivity index (χ1n) is 8.29. The third-order valence-corrected chi connectivity index (χ3v) is 4.02. The molecule has 0 atom stereocenters. The van der Waals surface area contributed by atoms with Gasteiger partial charge in [0.05, 0.1) is 0 Å². The monoisotopic (exact) mass is 304 g/mol. The molecule has 5 nitrogen and oxygen atoms in total. The molecule has 0 radical (unpaired) electrons. The van der Waals surface area contributed by atoms with Crippen molar-refractivity contribution in [1.82, 2.24) is 15.5 Å². The lowest BCUT2D eigenvalue weighted by atomic mass is 10.2. The largest absolute Gasteiger partial charge is 0.369 e. The van der Waals surface area contributed by atoms with E-state index >= 15 is 0 Å². The van der Waals surface area contributed by atoms with E-state index in [0.717, 1.165) is 45.8 Å². The Morgan fingerprint density at radius 3 is 2.50 bits per heavy atom. The van der Waals surface area contributed by atoms with Crippen molar-refractivity contribution in [3.05, 3.63) is 30.3 Å². The first-order chi connectivity index (χ1) is 10.8. The minimum Gasteiger partial charge on any atom is -0.369 e. The van der Waals surface area contributed by atoms with Crippen LogP contribution in [0.1, 0.15) is 13.3 Å². The molecular weight excluding hydrogens is 276 g/mol. The van der Waals surface area contributed by atoms with E-state index in [0.29, 0.717) is 13.0 Å². The predicted octanol–water partition coefficient (Wildman–Crippen LogP) is 0.924. The number of nitrogens with one attached hydrogen (secondary N) is 2. The van der Waals surface area contributed by atoms with E-state index in [9.17, 15) is 4.79 Å². The highest BCUT2D eigenvalue weighted by Gasteiger charge is 2.17. The van der Waals surface area contributed by atoms with Gasteiger partial charge in [-0.15, -0.1) is 0 Å². The van der Waals surface area contributed by atoms with Gasteiger partial charge < -0.3 is 15.5 Å². The molecule has 2 N–H and O–H groups in total. The predicted molar refractivity (Wildman–Crippen MR) is 91.3 cm³/mol. The summed E-state index contributed by atoms with van der Waals surface area (Å²) in [6.45, 7) is 9.55. The summed E-state index contributed by atoms with van der Waals surface area (Å²) in [4.78, 5) is 16.5. The number of benzene rings is 1. The van der Waals surface area contributed by atoms with Crippen LogP contribution in [0.5, 0.6) is 0 Å². The first-order valence-corrected chi connectivity index (χ1v) is 8.29. The Balaban J connectivity index is 1.60. The first kappa shape index (κ1) is 16.8. The molecule has 0 aromatic heterocycles. The minimum atomic E-state index is 0.156. The lowest BCUT2D eigenvalue weighted by molar-refractivity contribution is -0.121. The molecule has 0 aliphatic carbocycles. The fraction of sp³-hybridized carbons (Fsp3) is 0.588. The van der Waals surface area contributed by atoms with Crippen molar-refractivity contribution in [2.45, 2.75) is 13.3 Å². The normalized spacial score (nSPS) is 15.8. The smallest absolute Gasteiger partial charge is 0.221 e. The molecular formula is C17H28N4O. The molecule has 0 spiro atoms. The number of nitrogens with zero attached hydrogens (tertiary/aromatic N) is 2. The van der Waals surface area contributed by atoms with Gasteiger partial charge in [0.25, 0.3) is 0 Å². The van der Waals surface area contributed by atoms with Gasteiger partial charge in [0.15, 0.2) is 0 Å². The number of anilines is 1. The van der Waals surface area contributed by atoms with E-state index in [2.05, 4.69) is 51.6 Å². The van der Waals surface area contributed by atoms with Gasteiger partial charge in [-0.25, -0.2) is 0 Å². The molecule has 1 aliphatic rings. The second-order valence-electron chi connectivity index (χ2n) is 5.62. The topological polar surface area (TPSA) is 47.6 Å². The molecule has 1 amide bonds. The van der Waals surface area contributed by atoms with E-state index in [-0.39, 0.29) is 5.91 Å². The number of rotatable bonds is 8. The Hall–Kier alpha value is -1.59. The number of likely N-dealkylation sites (N-methyl/N-ethyl adjacent to an activating group) is 1. The average molecular weight is 304 g/mol. The molecule has 122 valence electrons. The summed E-state index contributed by atoms with van der Waals surface area (Å²) in [6, 6.07) is 10.5. The molecule has 1 aliphatic heterocycles. The van der Waals surface area contributed by atoms with Crippen LogP contribution in [0, 0.1) is 0 Å². The fourth-order valence-corrected chi connectivity index (χ4v) is 2.68. The molecule has 1 aromatic carbocycles. The Morgan fingerprint density at radius 1 is 1.09 bits per heavy atom. The summed E-state index contributed by atoms with van der Waals surface area (Å²) in [5.41, 5.74) is 1.29. The maximum Gasteiger partial charge on any atom is 0.221 e. The third kappa shape index (κ3) is 5.66. The summed E-state index contributed by atoms with van der Waals surface area (Å²) < 4.78 is 0. The maximum absolute atomic E-state index is 11.8. The molecule has 1 saturated heterocycles. The third-order valence-electron chi connectivity index (χ3n) is 4.02. The van der Waals surface area contributed by atoms with Gasteiger partial charge in [0.2, 0.25) is 5.91 Å². The lowest BCUT2D eigenvalue weighted by Gasteiger charge is -2.36.